The molecule has 0 spiro atoms. The van der Waals surface area contributed by atoms with Gasteiger partial charge in [-0.05, 0) is 24.1 Å². The third-order valence-electron chi connectivity index (χ3n) is 3.67. The highest BCUT2D eigenvalue weighted by atomic mass is 16.5. The van der Waals surface area contributed by atoms with Crippen molar-refractivity contribution < 1.29 is 14.3 Å². The summed E-state index contributed by atoms with van der Waals surface area (Å²) >= 11 is 0. The molecule has 4 nitrogen and oxygen atoms in total. The van der Waals surface area contributed by atoms with E-state index in [0.29, 0.717) is 17.9 Å². The normalized spacial score (nSPS) is 10.3. The first-order valence-corrected chi connectivity index (χ1v) is 8.18. The summed E-state index contributed by atoms with van der Waals surface area (Å²) in [5, 5.41) is 2.98. The molecule has 0 saturated carbocycles. The lowest BCUT2D eigenvalue weighted by Gasteiger charge is -2.10. The Bertz CT molecular complexity index is 446. The van der Waals surface area contributed by atoms with Gasteiger partial charge in [0.2, 0.25) is 5.91 Å². The number of rotatable bonds is 11. The molecule has 0 unspecified atom stereocenters. The summed E-state index contributed by atoms with van der Waals surface area (Å²) < 4.78 is 10.4. The number of methoxy groups -OCH3 is 2. The van der Waals surface area contributed by atoms with Crippen molar-refractivity contribution in [3.63, 3.8) is 0 Å². The van der Waals surface area contributed by atoms with Crippen molar-refractivity contribution in [2.24, 2.45) is 0 Å². The van der Waals surface area contributed by atoms with Crippen LogP contribution in [0.15, 0.2) is 18.2 Å². The number of carbonyl (C=O) groups is 1. The van der Waals surface area contributed by atoms with Gasteiger partial charge in [-0.3, -0.25) is 4.79 Å². The number of benzene rings is 1. The highest BCUT2D eigenvalue weighted by Gasteiger charge is 2.08. The Morgan fingerprint density at radius 2 is 1.68 bits per heavy atom. The van der Waals surface area contributed by atoms with Gasteiger partial charge in [-0.2, -0.15) is 0 Å². The molecule has 1 rings (SSSR count). The van der Waals surface area contributed by atoms with Gasteiger partial charge in [-0.15, -0.1) is 0 Å². The quantitative estimate of drug-likeness (QED) is 0.634. The van der Waals surface area contributed by atoms with E-state index >= 15 is 0 Å². The highest BCUT2D eigenvalue weighted by molar-refractivity contribution is 5.78. The van der Waals surface area contributed by atoms with Crippen molar-refractivity contribution in [1.82, 2.24) is 5.32 Å². The molecule has 0 radical (unpaired) electrons. The zero-order chi connectivity index (χ0) is 16.2. The van der Waals surface area contributed by atoms with Gasteiger partial charge in [0.25, 0.3) is 0 Å². The molecule has 0 atom stereocenters. The van der Waals surface area contributed by atoms with Gasteiger partial charge in [0, 0.05) is 6.54 Å². The third-order valence-corrected chi connectivity index (χ3v) is 3.67. The average molecular weight is 307 g/mol. The monoisotopic (exact) mass is 307 g/mol. The van der Waals surface area contributed by atoms with Crippen molar-refractivity contribution in [2.75, 3.05) is 20.8 Å². The lowest BCUT2D eigenvalue weighted by Crippen LogP contribution is -2.26. The van der Waals surface area contributed by atoms with Crippen molar-refractivity contribution in [3.05, 3.63) is 23.8 Å². The van der Waals surface area contributed by atoms with E-state index in [1.54, 1.807) is 14.2 Å². The molecule has 0 aliphatic carbocycles. The van der Waals surface area contributed by atoms with Crippen LogP contribution in [-0.2, 0) is 11.2 Å². The topological polar surface area (TPSA) is 47.6 Å². The maximum Gasteiger partial charge on any atom is 0.224 e. The number of hydrogen-bond donors (Lipinski definition) is 1. The van der Waals surface area contributed by atoms with Gasteiger partial charge in [0.15, 0.2) is 11.5 Å². The van der Waals surface area contributed by atoms with Gasteiger partial charge >= 0.3 is 0 Å². The number of hydrogen-bond acceptors (Lipinski definition) is 3. The summed E-state index contributed by atoms with van der Waals surface area (Å²) in [6.45, 7) is 2.98. The maximum absolute atomic E-state index is 11.9. The Balaban J connectivity index is 2.27. The summed E-state index contributed by atoms with van der Waals surface area (Å²) in [6, 6.07) is 5.57. The van der Waals surface area contributed by atoms with Crippen LogP contribution >= 0.6 is 0 Å². The predicted molar refractivity (Wildman–Crippen MR) is 89.6 cm³/mol. The highest BCUT2D eigenvalue weighted by Crippen LogP contribution is 2.27. The molecule has 0 bridgehead atoms. The first-order chi connectivity index (χ1) is 10.7. The Morgan fingerprint density at radius 1 is 1.00 bits per heavy atom. The first-order valence-electron chi connectivity index (χ1n) is 8.18. The van der Waals surface area contributed by atoms with Crippen LogP contribution in [0.25, 0.3) is 0 Å². The average Bonchev–Trinajstić information content (AvgIpc) is 2.53. The summed E-state index contributed by atoms with van der Waals surface area (Å²) in [7, 11) is 3.20. The molecule has 1 aromatic rings. The van der Waals surface area contributed by atoms with Crippen LogP contribution in [0, 0.1) is 0 Å². The van der Waals surface area contributed by atoms with Crippen molar-refractivity contribution in [3.8, 4) is 11.5 Å². The van der Waals surface area contributed by atoms with Crippen molar-refractivity contribution >= 4 is 5.91 Å². The predicted octanol–water partition coefficient (Wildman–Crippen LogP) is 3.72. The van der Waals surface area contributed by atoms with Crippen molar-refractivity contribution in [1.29, 1.82) is 0 Å². The minimum atomic E-state index is 0.0563. The van der Waals surface area contributed by atoms with E-state index in [1.807, 2.05) is 18.2 Å². The number of carbonyl (C=O) groups excluding carboxylic acids is 1. The molecule has 0 saturated heterocycles. The Kier molecular flexibility index (Phi) is 9.12. The fraction of sp³-hybridized carbons (Fsp3) is 0.611. The fourth-order valence-electron chi connectivity index (χ4n) is 2.37. The van der Waals surface area contributed by atoms with E-state index in [0.717, 1.165) is 18.5 Å². The molecule has 0 aliphatic heterocycles. The number of nitrogens with one attached hydrogen (secondary N) is 1. The lowest BCUT2D eigenvalue weighted by atomic mass is 10.1. The van der Waals surface area contributed by atoms with Crippen LogP contribution < -0.4 is 14.8 Å². The molecule has 0 aromatic heterocycles. The molecule has 124 valence electrons. The number of ether oxygens (including phenoxy) is 2. The molecule has 1 N–H and O–H groups in total. The van der Waals surface area contributed by atoms with Crippen LogP contribution in [0.2, 0.25) is 0 Å². The molecule has 4 heteroatoms. The maximum atomic E-state index is 11.9. The second kappa shape index (κ2) is 10.9. The van der Waals surface area contributed by atoms with Gasteiger partial charge < -0.3 is 14.8 Å². The van der Waals surface area contributed by atoms with E-state index in [-0.39, 0.29) is 5.91 Å². The smallest absolute Gasteiger partial charge is 0.224 e. The Morgan fingerprint density at radius 3 is 2.36 bits per heavy atom. The summed E-state index contributed by atoms with van der Waals surface area (Å²) in [6.07, 6.45) is 7.76. The standard InChI is InChI=1S/C18H29NO3/c1-4-5-6-7-8-9-12-19-18(20)14-15-10-11-16(21-2)17(13-15)22-3/h10-11,13H,4-9,12,14H2,1-3H3,(H,19,20). The van der Waals surface area contributed by atoms with Gasteiger partial charge in [-0.25, -0.2) is 0 Å². The van der Waals surface area contributed by atoms with Crippen molar-refractivity contribution in [2.45, 2.75) is 51.9 Å². The SMILES string of the molecule is CCCCCCCCNC(=O)Cc1ccc(OC)c(OC)c1. The van der Waals surface area contributed by atoms with E-state index in [4.69, 9.17) is 9.47 Å². The van der Waals surface area contributed by atoms with Crippen LogP contribution in [0.4, 0.5) is 0 Å². The number of unbranched alkanes of at least 4 members (excludes halogenated alkanes) is 5. The number of amides is 1. The summed E-state index contributed by atoms with van der Waals surface area (Å²) in [4.78, 5) is 11.9. The van der Waals surface area contributed by atoms with Crippen LogP contribution in [0.3, 0.4) is 0 Å². The zero-order valence-electron chi connectivity index (χ0n) is 14.1. The Labute approximate surface area is 134 Å². The first kappa shape index (κ1) is 18.3. The Hall–Kier alpha value is -1.71. The largest absolute Gasteiger partial charge is 0.493 e. The van der Waals surface area contributed by atoms with Gasteiger partial charge in [-0.1, -0.05) is 45.1 Å². The zero-order valence-corrected chi connectivity index (χ0v) is 14.1. The van der Waals surface area contributed by atoms with E-state index in [9.17, 15) is 4.79 Å². The van der Waals surface area contributed by atoms with Gasteiger partial charge in [0.05, 0.1) is 20.6 Å². The molecular weight excluding hydrogens is 278 g/mol. The molecular formula is C18H29NO3. The molecule has 0 aliphatic rings. The van der Waals surface area contributed by atoms with Crippen LogP contribution in [-0.4, -0.2) is 26.7 Å². The molecule has 1 amide bonds. The van der Waals surface area contributed by atoms with Crippen LogP contribution in [0.5, 0.6) is 11.5 Å². The second-order valence-electron chi connectivity index (χ2n) is 5.48. The molecule has 0 heterocycles. The lowest BCUT2D eigenvalue weighted by molar-refractivity contribution is -0.120. The van der Waals surface area contributed by atoms with E-state index in [1.165, 1.54) is 32.1 Å². The minimum absolute atomic E-state index is 0.0563. The molecule has 1 aromatic carbocycles. The van der Waals surface area contributed by atoms with Gasteiger partial charge in [0.1, 0.15) is 0 Å². The summed E-state index contributed by atoms with van der Waals surface area (Å²) in [5.41, 5.74) is 0.929. The third kappa shape index (κ3) is 6.83. The van der Waals surface area contributed by atoms with Crippen LogP contribution in [0.1, 0.15) is 51.0 Å². The fourth-order valence-corrected chi connectivity index (χ4v) is 2.37. The van der Waals surface area contributed by atoms with E-state index < -0.39 is 0 Å². The molecule has 22 heavy (non-hydrogen) atoms. The molecule has 0 fully saturated rings. The van der Waals surface area contributed by atoms with E-state index in [2.05, 4.69) is 12.2 Å². The second-order valence-corrected chi connectivity index (χ2v) is 5.48. The summed E-state index contributed by atoms with van der Waals surface area (Å²) in [5.74, 6) is 1.39. The minimum Gasteiger partial charge on any atom is -0.493 e.